The molecule has 1 unspecified atom stereocenters. The molecule has 0 aromatic rings. The van der Waals surface area contributed by atoms with Gasteiger partial charge in [-0.05, 0) is 50.4 Å². The van der Waals surface area contributed by atoms with E-state index in [-0.39, 0.29) is 11.9 Å². The summed E-state index contributed by atoms with van der Waals surface area (Å²) >= 11 is 0. The van der Waals surface area contributed by atoms with E-state index in [1.807, 2.05) is 0 Å². The molecule has 26 heavy (non-hydrogen) atoms. The molecule has 0 amide bonds. The maximum Gasteiger partial charge on any atom is 0.345 e. The number of carbonyl (C=O) groups is 2. The topological polar surface area (TPSA) is 63.6 Å². The Kier molecular flexibility index (Phi) is 10.3. The lowest BCUT2D eigenvalue weighted by atomic mass is 9.65. The van der Waals surface area contributed by atoms with E-state index in [1.165, 1.54) is 25.7 Å². The van der Waals surface area contributed by atoms with E-state index in [9.17, 15) is 14.7 Å². The highest BCUT2D eigenvalue weighted by Gasteiger charge is 2.46. The van der Waals surface area contributed by atoms with Gasteiger partial charge in [0.2, 0.25) is 0 Å². The highest BCUT2D eigenvalue weighted by atomic mass is 16.6. The van der Waals surface area contributed by atoms with Crippen LogP contribution in [0.4, 0.5) is 0 Å². The van der Waals surface area contributed by atoms with Gasteiger partial charge < -0.3 is 9.84 Å². The summed E-state index contributed by atoms with van der Waals surface area (Å²) in [5.74, 6) is -0.477. The summed E-state index contributed by atoms with van der Waals surface area (Å²) in [7, 11) is 0. The van der Waals surface area contributed by atoms with Crippen LogP contribution in [0.5, 0.6) is 0 Å². The fourth-order valence-electron chi connectivity index (χ4n) is 4.06. The Labute approximate surface area is 160 Å². The van der Waals surface area contributed by atoms with Gasteiger partial charge in [-0.15, -0.1) is 0 Å². The molecule has 1 fully saturated rings. The standard InChI is InChI=1S/C22H40O4/c1-5-6-7-8-9-10-11-12-19(20(23)24)26-21(25)22(17(2)3)15-13-18(4)14-16-22/h17-19H,5-16H2,1-4H3,(H,23,24). The summed E-state index contributed by atoms with van der Waals surface area (Å²) in [4.78, 5) is 24.5. The molecule has 1 rings (SSSR count). The molecule has 4 nitrogen and oxygen atoms in total. The van der Waals surface area contributed by atoms with E-state index in [2.05, 4.69) is 27.7 Å². The van der Waals surface area contributed by atoms with E-state index < -0.39 is 17.5 Å². The maximum absolute atomic E-state index is 12.9. The third-order valence-electron chi connectivity index (χ3n) is 6.27. The van der Waals surface area contributed by atoms with E-state index in [0.717, 1.165) is 44.9 Å². The molecule has 0 aromatic heterocycles. The lowest BCUT2D eigenvalue weighted by Gasteiger charge is -2.40. The van der Waals surface area contributed by atoms with Gasteiger partial charge in [0.05, 0.1) is 5.41 Å². The minimum atomic E-state index is -1.01. The van der Waals surface area contributed by atoms with Gasteiger partial charge in [-0.1, -0.05) is 66.2 Å². The van der Waals surface area contributed by atoms with Crippen LogP contribution in [0.3, 0.4) is 0 Å². The minimum Gasteiger partial charge on any atom is -0.479 e. The molecule has 0 aromatic carbocycles. The quantitative estimate of drug-likeness (QED) is 0.340. The van der Waals surface area contributed by atoms with Crippen molar-refractivity contribution >= 4 is 11.9 Å². The van der Waals surface area contributed by atoms with Crippen molar-refractivity contribution in [2.24, 2.45) is 17.3 Å². The lowest BCUT2D eigenvalue weighted by Crippen LogP contribution is -2.43. The van der Waals surface area contributed by atoms with Crippen LogP contribution in [-0.2, 0) is 14.3 Å². The van der Waals surface area contributed by atoms with Crippen LogP contribution < -0.4 is 0 Å². The zero-order chi connectivity index (χ0) is 19.6. The van der Waals surface area contributed by atoms with Gasteiger partial charge in [0.1, 0.15) is 0 Å². The van der Waals surface area contributed by atoms with Crippen molar-refractivity contribution in [3.8, 4) is 0 Å². The van der Waals surface area contributed by atoms with Crippen molar-refractivity contribution in [3.63, 3.8) is 0 Å². The van der Waals surface area contributed by atoms with Gasteiger partial charge in [0, 0.05) is 0 Å². The van der Waals surface area contributed by atoms with Crippen LogP contribution >= 0.6 is 0 Å². The smallest absolute Gasteiger partial charge is 0.345 e. The molecule has 1 atom stereocenters. The number of ether oxygens (including phenoxy) is 1. The first kappa shape index (κ1) is 23.0. The number of carboxylic acid groups (broad SMARTS) is 1. The molecular formula is C22H40O4. The van der Waals surface area contributed by atoms with Crippen LogP contribution in [0.1, 0.15) is 105 Å². The number of carboxylic acids is 1. The van der Waals surface area contributed by atoms with Gasteiger partial charge in [-0.2, -0.15) is 0 Å². The van der Waals surface area contributed by atoms with Gasteiger partial charge in [0.15, 0.2) is 6.10 Å². The molecule has 0 spiro atoms. The number of esters is 1. The van der Waals surface area contributed by atoms with E-state index >= 15 is 0 Å². The predicted octanol–water partition coefficient (Wildman–Crippen LogP) is 5.98. The molecule has 1 N–H and O–H groups in total. The molecular weight excluding hydrogens is 328 g/mol. The fourth-order valence-corrected chi connectivity index (χ4v) is 4.06. The Morgan fingerprint density at radius 1 is 1.04 bits per heavy atom. The van der Waals surface area contributed by atoms with E-state index in [4.69, 9.17) is 4.74 Å². The largest absolute Gasteiger partial charge is 0.479 e. The SMILES string of the molecule is CCCCCCCCCC(OC(=O)C1(C(C)C)CCC(C)CC1)C(=O)O. The first-order chi connectivity index (χ1) is 12.3. The van der Waals surface area contributed by atoms with Crippen molar-refractivity contribution in [2.75, 3.05) is 0 Å². The molecule has 0 saturated heterocycles. The minimum absolute atomic E-state index is 0.176. The average Bonchev–Trinajstić information content (AvgIpc) is 2.60. The molecule has 4 heteroatoms. The summed E-state index contributed by atoms with van der Waals surface area (Å²) in [6.45, 7) is 8.53. The monoisotopic (exact) mass is 368 g/mol. The summed E-state index contributed by atoms with van der Waals surface area (Å²) in [6, 6.07) is 0. The van der Waals surface area contributed by atoms with Crippen LogP contribution in [-0.4, -0.2) is 23.1 Å². The second kappa shape index (κ2) is 11.6. The third kappa shape index (κ3) is 6.92. The number of carbonyl (C=O) groups excluding carboxylic acids is 1. The van der Waals surface area contributed by atoms with Crippen LogP contribution in [0.15, 0.2) is 0 Å². The molecule has 0 heterocycles. The maximum atomic E-state index is 12.9. The molecule has 0 aliphatic heterocycles. The summed E-state index contributed by atoms with van der Waals surface area (Å²) in [6.07, 6.45) is 11.0. The highest BCUT2D eigenvalue weighted by molar-refractivity contribution is 5.81. The van der Waals surface area contributed by atoms with Gasteiger partial charge >= 0.3 is 11.9 Å². The van der Waals surface area contributed by atoms with Crippen LogP contribution in [0, 0.1) is 17.3 Å². The summed E-state index contributed by atoms with van der Waals surface area (Å²) in [5.41, 5.74) is -0.500. The molecule has 0 radical (unpaired) electrons. The zero-order valence-corrected chi connectivity index (χ0v) is 17.4. The number of hydrogen-bond donors (Lipinski definition) is 1. The van der Waals surface area contributed by atoms with Crippen LogP contribution in [0.2, 0.25) is 0 Å². The Bertz CT molecular complexity index is 422. The van der Waals surface area contributed by atoms with Crippen molar-refractivity contribution in [1.82, 2.24) is 0 Å². The average molecular weight is 369 g/mol. The molecule has 1 aliphatic carbocycles. The van der Waals surface area contributed by atoms with Crippen molar-refractivity contribution in [1.29, 1.82) is 0 Å². The second-order valence-corrected chi connectivity index (χ2v) is 8.64. The first-order valence-electron chi connectivity index (χ1n) is 10.8. The van der Waals surface area contributed by atoms with Gasteiger partial charge in [-0.3, -0.25) is 4.79 Å². The highest BCUT2D eigenvalue weighted by Crippen LogP contribution is 2.45. The Balaban J connectivity index is 2.51. The Hall–Kier alpha value is -1.06. The fraction of sp³-hybridized carbons (Fsp3) is 0.909. The number of rotatable bonds is 12. The normalized spacial score (nSPS) is 24.4. The first-order valence-corrected chi connectivity index (χ1v) is 10.8. The number of aliphatic carboxylic acids is 1. The third-order valence-corrected chi connectivity index (χ3v) is 6.27. The van der Waals surface area contributed by atoms with Crippen molar-refractivity contribution in [3.05, 3.63) is 0 Å². The van der Waals surface area contributed by atoms with Gasteiger partial charge in [0.25, 0.3) is 0 Å². The van der Waals surface area contributed by atoms with Crippen molar-refractivity contribution < 1.29 is 19.4 Å². The predicted molar refractivity (Wildman–Crippen MR) is 105 cm³/mol. The van der Waals surface area contributed by atoms with Gasteiger partial charge in [-0.25, -0.2) is 4.79 Å². The molecule has 1 aliphatic rings. The molecule has 0 bridgehead atoms. The van der Waals surface area contributed by atoms with E-state index in [0.29, 0.717) is 12.3 Å². The summed E-state index contributed by atoms with van der Waals surface area (Å²) < 4.78 is 5.56. The second-order valence-electron chi connectivity index (χ2n) is 8.64. The number of hydrogen-bond acceptors (Lipinski definition) is 3. The zero-order valence-electron chi connectivity index (χ0n) is 17.4. The Morgan fingerprint density at radius 3 is 2.08 bits per heavy atom. The van der Waals surface area contributed by atoms with Crippen LogP contribution in [0.25, 0.3) is 0 Å². The lowest BCUT2D eigenvalue weighted by molar-refractivity contribution is -0.177. The number of unbranched alkanes of at least 4 members (excludes halogenated alkanes) is 6. The van der Waals surface area contributed by atoms with E-state index in [1.54, 1.807) is 0 Å². The Morgan fingerprint density at radius 2 is 1.58 bits per heavy atom. The molecule has 1 saturated carbocycles. The summed E-state index contributed by atoms with van der Waals surface area (Å²) in [5, 5.41) is 9.48. The van der Waals surface area contributed by atoms with Crippen molar-refractivity contribution in [2.45, 2.75) is 111 Å². The molecule has 152 valence electrons.